The van der Waals surface area contributed by atoms with E-state index >= 15 is 0 Å². The summed E-state index contributed by atoms with van der Waals surface area (Å²) < 4.78 is 5.23. The van der Waals surface area contributed by atoms with Crippen LogP contribution in [-0.2, 0) is 0 Å². The Hall–Kier alpha value is -2.01. The predicted molar refractivity (Wildman–Crippen MR) is 68.3 cm³/mol. The molecule has 0 aliphatic rings. The van der Waals surface area contributed by atoms with Crippen LogP contribution in [0.25, 0.3) is 0 Å². The highest BCUT2D eigenvalue weighted by Gasteiger charge is 2.12. The number of rotatable bonds is 4. The molecule has 0 saturated carbocycles. The van der Waals surface area contributed by atoms with Crippen LogP contribution in [0, 0.1) is 0 Å². The third-order valence-corrected chi connectivity index (χ3v) is 3.43. The van der Waals surface area contributed by atoms with Crippen LogP contribution in [0.15, 0.2) is 52.5 Å². The first-order chi connectivity index (χ1) is 8.72. The summed E-state index contributed by atoms with van der Waals surface area (Å²) in [6.07, 6.45) is 2.92. The molecule has 1 aromatic carbocycles. The summed E-state index contributed by atoms with van der Waals surface area (Å²) >= 11 is 1.35. The van der Waals surface area contributed by atoms with Crippen LogP contribution in [0.2, 0.25) is 0 Å². The second-order valence-corrected chi connectivity index (χ2v) is 4.51. The van der Waals surface area contributed by atoms with Crippen LogP contribution in [0.1, 0.15) is 10.4 Å². The number of aromatic carboxylic acids is 1. The number of methoxy groups -OCH3 is 1. The summed E-state index contributed by atoms with van der Waals surface area (Å²) in [7, 11) is 1.59. The van der Waals surface area contributed by atoms with E-state index in [1.807, 2.05) is 24.3 Å². The highest BCUT2D eigenvalue weighted by Crippen LogP contribution is 2.35. The van der Waals surface area contributed by atoms with Gasteiger partial charge in [-0.2, -0.15) is 0 Å². The standard InChI is InChI=1S/C13H11NO3S/c1-17-10-4-2-3-5-12(10)18-11-6-7-14-8-9(11)13(15)16/h2-8H,1H3,(H,15,16). The first-order valence-corrected chi connectivity index (χ1v) is 6.02. The lowest BCUT2D eigenvalue weighted by molar-refractivity contribution is 0.0692. The van der Waals surface area contributed by atoms with E-state index in [9.17, 15) is 4.79 Å². The number of hydrogen-bond acceptors (Lipinski definition) is 4. The quantitative estimate of drug-likeness (QED) is 0.917. The Morgan fingerprint density at radius 3 is 2.78 bits per heavy atom. The van der Waals surface area contributed by atoms with Gasteiger partial charge in [0.15, 0.2) is 0 Å². The maximum absolute atomic E-state index is 11.1. The van der Waals surface area contributed by atoms with Crippen molar-refractivity contribution >= 4 is 17.7 Å². The minimum atomic E-state index is -0.986. The van der Waals surface area contributed by atoms with Gasteiger partial charge in [0.2, 0.25) is 0 Å². The largest absolute Gasteiger partial charge is 0.496 e. The molecule has 0 atom stereocenters. The van der Waals surface area contributed by atoms with Gasteiger partial charge >= 0.3 is 5.97 Å². The van der Waals surface area contributed by atoms with Gasteiger partial charge in [0.25, 0.3) is 0 Å². The molecule has 18 heavy (non-hydrogen) atoms. The van der Waals surface area contributed by atoms with E-state index in [0.717, 1.165) is 10.6 Å². The molecular formula is C13H11NO3S. The normalized spacial score (nSPS) is 10.1. The van der Waals surface area contributed by atoms with Crippen molar-refractivity contribution in [3.63, 3.8) is 0 Å². The molecule has 1 N–H and O–H groups in total. The average molecular weight is 261 g/mol. The maximum Gasteiger partial charge on any atom is 0.338 e. The van der Waals surface area contributed by atoms with Crippen molar-refractivity contribution < 1.29 is 14.6 Å². The third-order valence-electron chi connectivity index (χ3n) is 2.30. The zero-order valence-corrected chi connectivity index (χ0v) is 10.5. The molecule has 0 bridgehead atoms. The van der Waals surface area contributed by atoms with Crippen LogP contribution < -0.4 is 4.74 Å². The number of nitrogens with zero attached hydrogens (tertiary/aromatic N) is 1. The monoisotopic (exact) mass is 261 g/mol. The fourth-order valence-corrected chi connectivity index (χ4v) is 2.47. The lowest BCUT2D eigenvalue weighted by Crippen LogP contribution is -1.99. The van der Waals surface area contributed by atoms with E-state index in [-0.39, 0.29) is 5.56 Å². The molecule has 1 heterocycles. The molecule has 0 fully saturated rings. The lowest BCUT2D eigenvalue weighted by atomic mass is 10.3. The molecule has 0 unspecified atom stereocenters. The minimum Gasteiger partial charge on any atom is -0.496 e. The fourth-order valence-electron chi connectivity index (χ4n) is 1.45. The topological polar surface area (TPSA) is 59.4 Å². The summed E-state index contributed by atoms with van der Waals surface area (Å²) in [4.78, 5) is 16.4. The number of carboxylic acid groups (broad SMARTS) is 1. The summed E-state index contributed by atoms with van der Waals surface area (Å²) in [5, 5.41) is 9.09. The number of benzene rings is 1. The summed E-state index contributed by atoms with van der Waals surface area (Å²) in [5.74, 6) is -0.267. The van der Waals surface area contributed by atoms with Crippen molar-refractivity contribution in [1.82, 2.24) is 4.98 Å². The second kappa shape index (κ2) is 5.55. The van der Waals surface area contributed by atoms with E-state index in [2.05, 4.69) is 4.98 Å². The summed E-state index contributed by atoms with van der Waals surface area (Å²) in [6, 6.07) is 9.15. The van der Waals surface area contributed by atoms with Crippen LogP contribution in [-0.4, -0.2) is 23.2 Å². The highest BCUT2D eigenvalue weighted by molar-refractivity contribution is 7.99. The lowest BCUT2D eigenvalue weighted by Gasteiger charge is -2.08. The van der Waals surface area contributed by atoms with E-state index in [0.29, 0.717) is 4.90 Å². The molecule has 0 aliphatic carbocycles. The van der Waals surface area contributed by atoms with Gasteiger partial charge in [0, 0.05) is 17.3 Å². The van der Waals surface area contributed by atoms with Gasteiger partial charge < -0.3 is 9.84 Å². The first kappa shape index (κ1) is 12.4. The van der Waals surface area contributed by atoms with Crippen molar-refractivity contribution in [3.8, 4) is 5.75 Å². The molecule has 2 aromatic rings. The van der Waals surface area contributed by atoms with Crippen LogP contribution >= 0.6 is 11.8 Å². The van der Waals surface area contributed by atoms with Crippen molar-refractivity contribution in [1.29, 1.82) is 0 Å². The molecule has 2 rings (SSSR count). The molecular weight excluding hydrogens is 250 g/mol. The van der Waals surface area contributed by atoms with Gasteiger partial charge in [-0.3, -0.25) is 4.98 Å². The zero-order valence-electron chi connectivity index (χ0n) is 9.66. The minimum absolute atomic E-state index is 0.188. The van der Waals surface area contributed by atoms with Crippen LogP contribution in [0.5, 0.6) is 5.75 Å². The average Bonchev–Trinajstić information content (AvgIpc) is 2.40. The molecule has 0 amide bonds. The molecule has 0 radical (unpaired) electrons. The molecule has 92 valence electrons. The number of carboxylic acids is 1. The Labute approximate surface area is 109 Å². The molecule has 0 aliphatic heterocycles. The van der Waals surface area contributed by atoms with Crippen LogP contribution in [0.3, 0.4) is 0 Å². The van der Waals surface area contributed by atoms with E-state index < -0.39 is 5.97 Å². The third kappa shape index (κ3) is 2.62. The van der Waals surface area contributed by atoms with E-state index in [1.165, 1.54) is 18.0 Å². The van der Waals surface area contributed by atoms with Gasteiger partial charge in [-0.15, -0.1) is 0 Å². The van der Waals surface area contributed by atoms with Gasteiger partial charge in [-0.1, -0.05) is 23.9 Å². The zero-order chi connectivity index (χ0) is 13.0. The van der Waals surface area contributed by atoms with Crippen LogP contribution in [0.4, 0.5) is 0 Å². The molecule has 0 saturated heterocycles. The Morgan fingerprint density at radius 1 is 1.28 bits per heavy atom. The van der Waals surface area contributed by atoms with Crippen molar-refractivity contribution in [2.24, 2.45) is 0 Å². The van der Waals surface area contributed by atoms with Gasteiger partial charge in [0.1, 0.15) is 5.75 Å². The van der Waals surface area contributed by atoms with E-state index in [1.54, 1.807) is 19.4 Å². The van der Waals surface area contributed by atoms with E-state index in [4.69, 9.17) is 9.84 Å². The van der Waals surface area contributed by atoms with Crippen molar-refractivity contribution in [2.75, 3.05) is 7.11 Å². The van der Waals surface area contributed by atoms with Gasteiger partial charge in [0.05, 0.1) is 17.6 Å². The summed E-state index contributed by atoms with van der Waals surface area (Å²) in [6.45, 7) is 0. The molecule has 4 nitrogen and oxygen atoms in total. The number of pyridine rings is 1. The fraction of sp³-hybridized carbons (Fsp3) is 0.0769. The Morgan fingerprint density at radius 2 is 2.06 bits per heavy atom. The predicted octanol–water partition coefficient (Wildman–Crippen LogP) is 2.94. The Kier molecular flexibility index (Phi) is 3.84. The first-order valence-electron chi connectivity index (χ1n) is 5.20. The molecule has 0 spiro atoms. The van der Waals surface area contributed by atoms with Crippen molar-refractivity contribution in [3.05, 3.63) is 48.3 Å². The maximum atomic E-state index is 11.1. The number of carbonyl (C=O) groups is 1. The van der Waals surface area contributed by atoms with Gasteiger partial charge in [-0.25, -0.2) is 4.79 Å². The Bertz CT molecular complexity index is 572. The van der Waals surface area contributed by atoms with Gasteiger partial charge in [-0.05, 0) is 18.2 Å². The second-order valence-electron chi connectivity index (χ2n) is 3.43. The summed E-state index contributed by atoms with van der Waals surface area (Å²) in [5.41, 5.74) is 0.188. The molecule has 5 heteroatoms. The number of aromatic nitrogens is 1. The number of para-hydroxylation sites is 1. The molecule has 1 aromatic heterocycles. The number of hydrogen-bond donors (Lipinski definition) is 1. The SMILES string of the molecule is COc1ccccc1Sc1ccncc1C(=O)O. The van der Waals surface area contributed by atoms with Crippen molar-refractivity contribution in [2.45, 2.75) is 9.79 Å². The Balaban J connectivity index is 2.37. The highest BCUT2D eigenvalue weighted by atomic mass is 32.2. The number of ether oxygens (including phenoxy) is 1. The smallest absolute Gasteiger partial charge is 0.338 e.